The lowest BCUT2D eigenvalue weighted by atomic mass is 9.89. The van der Waals surface area contributed by atoms with E-state index in [1.54, 1.807) is 12.1 Å². The second kappa shape index (κ2) is 3.96. The van der Waals surface area contributed by atoms with Gasteiger partial charge in [-0.15, -0.1) is 0 Å². The molecule has 1 aliphatic rings. The molecule has 14 heavy (non-hydrogen) atoms. The first-order valence-electron chi connectivity index (χ1n) is 4.87. The Balaban J connectivity index is 1.87. The fourth-order valence-corrected chi connectivity index (χ4v) is 1.63. The smallest absolute Gasteiger partial charge is 0.126 e. The molecule has 1 aromatic carbocycles. The van der Waals surface area contributed by atoms with Crippen LogP contribution in [0, 0.1) is 5.82 Å². The molecule has 0 amide bonds. The Morgan fingerprint density at radius 1 is 1.43 bits per heavy atom. The third-order valence-electron chi connectivity index (χ3n) is 2.60. The van der Waals surface area contributed by atoms with Gasteiger partial charge in [-0.25, -0.2) is 4.39 Å². The van der Waals surface area contributed by atoms with E-state index < -0.39 is 0 Å². The van der Waals surface area contributed by atoms with Gasteiger partial charge in [-0.2, -0.15) is 0 Å². The van der Waals surface area contributed by atoms with Crippen molar-refractivity contribution in [2.75, 3.05) is 7.05 Å². The van der Waals surface area contributed by atoms with Crippen LogP contribution in [0.15, 0.2) is 24.3 Å². The Labute approximate surface area is 83.1 Å². The minimum atomic E-state index is -0.244. The van der Waals surface area contributed by atoms with Crippen molar-refractivity contribution in [1.29, 1.82) is 0 Å². The maximum absolute atomic E-state index is 12.8. The molecule has 2 rings (SSSR count). The van der Waals surface area contributed by atoms with Crippen LogP contribution in [0.3, 0.4) is 0 Å². The van der Waals surface area contributed by atoms with Crippen LogP contribution in [0.25, 0.3) is 0 Å². The van der Waals surface area contributed by atoms with E-state index in [2.05, 4.69) is 5.32 Å². The summed E-state index contributed by atoms with van der Waals surface area (Å²) in [7, 11) is 1.95. The molecule has 1 aromatic rings. The Morgan fingerprint density at radius 3 is 2.86 bits per heavy atom. The van der Waals surface area contributed by atoms with Gasteiger partial charge in [0, 0.05) is 12.1 Å². The van der Waals surface area contributed by atoms with Gasteiger partial charge in [-0.05, 0) is 32.0 Å². The summed E-state index contributed by atoms with van der Waals surface area (Å²) in [6.45, 7) is 0. The van der Waals surface area contributed by atoms with E-state index in [0.29, 0.717) is 11.8 Å². The predicted octanol–water partition coefficient (Wildman–Crippen LogP) is 1.95. The van der Waals surface area contributed by atoms with E-state index in [1.165, 1.54) is 12.1 Å². The average Bonchev–Trinajstić information content (AvgIpc) is 2.10. The molecule has 76 valence electrons. The van der Waals surface area contributed by atoms with Crippen LogP contribution in [0.2, 0.25) is 0 Å². The zero-order chi connectivity index (χ0) is 9.97. The topological polar surface area (TPSA) is 21.3 Å². The lowest BCUT2D eigenvalue weighted by Crippen LogP contribution is -2.45. The number of hydrogen-bond donors (Lipinski definition) is 1. The highest BCUT2D eigenvalue weighted by Crippen LogP contribution is 2.25. The quantitative estimate of drug-likeness (QED) is 0.796. The minimum Gasteiger partial charge on any atom is -0.490 e. The van der Waals surface area contributed by atoms with Crippen molar-refractivity contribution in [3.63, 3.8) is 0 Å². The highest BCUT2D eigenvalue weighted by Gasteiger charge is 2.29. The van der Waals surface area contributed by atoms with Crippen LogP contribution in [-0.4, -0.2) is 19.2 Å². The third kappa shape index (κ3) is 2.04. The van der Waals surface area contributed by atoms with Gasteiger partial charge in [0.2, 0.25) is 0 Å². The molecule has 0 radical (unpaired) electrons. The van der Waals surface area contributed by atoms with Gasteiger partial charge in [0.15, 0.2) is 0 Å². The highest BCUT2D eigenvalue weighted by molar-refractivity contribution is 5.23. The Kier molecular flexibility index (Phi) is 2.68. The van der Waals surface area contributed by atoms with Crippen molar-refractivity contribution in [2.45, 2.75) is 25.0 Å². The summed E-state index contributed by atoms with van der Waals surface area (Å²) < 4.78 is 18.4. The molecule has 1 fully saturated rings. The monoisotopic (exact) mass is 195 g/mol. The molecule has 3 heteroatoms. The number of rotatable bonds is 3. The van der Waals surface area contributed by atoms with Gasteiger partial charge in [-0.1, -0.05) is 6.07 Å². The standard InChI is InChI=1S/C11H14FNO/c1-13-9-6-11(7-9)14-10-4-2-3-8(12)5-10/h2-5,9,11,13H,6-7H2,1H3. The van der Waals surface area contributed by atoms with Gasteiger partial charge in [0.25, 0.3) is 0 Å². The van der Waals surface area contributed by atoms with Crippen LogP contribution in [0.4, 0.5) is 4.39 Å². The minimum absolute atomic E-state index is 0.244. The molecular formula is C11H14FNO. The average molecular weight is 195 g/mol. The SMILES string of the molecule is CNC1CC(Oc2cccc(F)c2)C1. The fourth-order valence-electron chi connectivity index (χ4n) is 1.63. The number of hydrogen-bond acceptors (Lipinski definition) is 2. The highest BCUT2D eigenvalue weighted by atomic mass is 19.1. The van der Waals surface area contributed by atoms with Gasteiger partial charge < -0.3 is 10.1 Å². The van der Waals surface area contributed by atoms with E-state index in [0.717, 1.165) is 12.8 Å². The van der Waals surface area contributed by atoms with Crippen LogP contribution in [0.5, 0.6) is 5.75 Å². The first-order valence-corrected chi connectivity index (χ1v) is 4.87. The number of halogens is 1. The van der Waals surface area contributed by atoms with Gasteiger partial charge >= 0.3 is 0 Å². The molecule has 0 saturated heterocycles. The van der Waals surface area contributed by atoms with Crippen LogP contribution >= 0.6 is 0 Å². The number of nitrogens with one attached hydrogen (secondary N) is 1. The largest absolute Gasteiger partial charge is 0.490 e. The number of ether oxygens (including phenoxy) is 1. The van der Waals surface area contributed by atoms with E-state index in [4.69, 9.17) is 4.74 Å². The van der Waals surface area contributed by atoms with E-state index >= 15 is 0 Å². The molecule has 1 N–H and O–H groups in total. The molecule has 1 aliphatic carbocycles. The molecule has 0 heterocycles. The molecule has 0 spiro atoms. The molecule has 1 saturated carbocycles. The zero-order valence-corrected chi connectivity index (χ0v) is 8.16. The van der Waals surface area contributed by atoms with E-state index in [1.807, 2.05) is 7.05 Å². The first-order chi connectivity index (χ1) is 6.78. The van der Waals surface area contributed by atoms with Gasteiger partial charge in [0.05, 0.1) is 0 Å². The van der Waals surface area contributed by atoms with Crippen LogP contribution in [-0.2, 0) is 0 Å². The van der Waals surface area contributed by atoms with Crippen molar-refractivity contribution in [3.8, 4) is 5.75 Å². The second-order valence-electron chi connectivity index (χ2n) is 3.65. The van der Waals surface area contributed by atoms with Crippen molar-refractivity contribution < 1.29 is 9.13 Å². The van der Waals surface area contributed by atoms with Gasteiger partial charge in [-0.3, -0.25) is 0 Å². The lowest BCUT2D eigenvalue weighted by Gasteiger charge is -2.35. The predicted molar refractivity (Wildman–Crippen MR) is 52.9 cm³/mol. The molecule has 0 bridgehead atoms. The van der Waals surface area contributed by atoms with Crippen molar-refractivity contribution in [1.82, 2.24) is 5.32 Å². The van der Waals surface area contributed by atoms with E-state index in [9.17, 15) is 4.39 Å². The summed E-state index contributed by atoms with van der Waals surface area (Å²) in [5.74, 6) is 0.386. The summed E-state index contributed by atoms with van der Waals surface area (Å²) in [5.41, 5.74) is 0. The lowest BCUT2D eigenvalue weighted by molar-refractivity contribution is 0.0882. The molecule has 0 aromatic heterocycles. The molecule has 2 nitrogen and oxygen atoms in total. The maximum atomic E-state index is 12.8. The first kappa shape index (κ1) is 9.46. The third-order valence-corrected chi connectivity index (χ3v) is 2.60. The normalized spacial score (nSPS) is 25.6. The second-order valence-corrected chi connectivity index (χ2v) is 3.65. The molecule has 0 aliphatic heterocycles. The van der Waals surface area contributed by atoms with Crippen LogP contribution in [0.1, 0.15) is 12.8 Å². The summed E-state index contributed by atoms with van der Waals surface area (Å²) in [6.07, 6.45) is 2.26. The van der Waals surface area contributed by atoms with Gasteiger partial charge in [0.1, 0.15) is 17.7 Å². The Morgan fingerprint density at radius 2 is 2.21 bits per heavy atom. The fraction of sp³-hybridized carbons (Fsp3) is 0.455. The summed E-state index contributed by atoms with van der Waals surface area (Å²) in [6, 6.07) is 6.86. The summed E-state index contributed by atoms with van der Waals surface area (Å²) in [4.78, 5) is 0. The maximum Gasteiger partial charge on any atom is 0.126 e. The summed E-state index contributed by atoms with van der Waals surface area (Å²) >= 11 is 0. The van der Waals surface area contributed by atoms with Crippen molar-refractivity contribution in [3.05, 3.63) is 30.1 Å². The van der Waals surface area contributed by atoms with Crippen LogP contribution < -0.4 is 10.1 Å². The van der Waals surface area contributed by atoms with Crippen molar-refractivity contribution in [2.24, 2.45) is 0 Å². The Hall–Kier alpha value is -1.09. The zero-order valence-electron chi connectivity index (χ0n) is 8.16. The van der Waals surface area contributed by atoms with E-state index in [-0.39, 0.29) is 11.9 Å². The molecule has 0 unspecified atom stereocenters. The molecular weight excluding hydrogens is 181 g/mol. The molecule has 0 atom stereocenters. The van der Waals surface area contributed by atoms with Crippen molar-refractivity contribution >= 4 is 0 Å². The summed E-state index contributed by atoms with van der Waals surface area (Å²) in [5, 5.41) is 3.17. The Bertz CT molecular complexity index is 310. The number of benzene rings is 1.